The maximum atomic E-state index is 10.5. The van der Waals surface area contributed by atoms with Crippen molar-refractivity contribution in [3.8, 4) is 23.0 Å². The van der Waals surface area contributed by atoms with Crippen LogP contribution in [0.25, 0.3) is 0 Å². The molecule has 7 atom stereocenters. The number of aryl methyl sites for hydroxylation is 1. The number of hydrogen-bond donors (Lipinski definition) is 7. The molecule has 7 unspecified atom stereocenters. The highest BCUT2D eigenvalue weighted by molar-refractivity contribution is 5.55. The predicted octanol–water partition coefficient (Wildman–Crippen LogP) is -0.286. The third-order valence-electron chi connectivity index (χ3n) is 6.60. The summed E-state index contributed by atoms with van der Waals surface area (Å²) >= 11 is 0. The third-order valence-corrected chi connectivity index (χ3v) is 6.60. The van der Waals surface area contributed by atoms with Gasteiger partial charge in [0.15, 0.2) is 23.0 Å². The van der Waals surface area contributed by atoms with E-state index in [1.807, 2.05) is 6.07 Å². The number of phenols is 1. The molecule has 0 aromatic heterocycles. The monoisotopic (exact) mass is 508 g/mol. The van der Waals surface area contributed by atoms with Gasteiger partial charge in [0.05, 0.1) is 26.2 Å². The lowest BCUT2D eigenvalue weighted by Crippen LogP contribution is -2.60. The summed E-state index contributed by atoms with van der Waals surface area (Å²) in [5.74, 6) is 0.176. The van der Waals surface area contributed by atoms with Crippen molar-refractivity contribution in [3.05, 3.63) is 47.0 Å². The van der Waals surface area contributed by atoms with Gasteiger partial charge in [0.25, 0.3) is 0 Å². The van der Waals surface area contributed by atoms with Crippen LogP contribution < -0.4 is 14.2 Å². The number of hydrogen-bond acceptors (Lipinski definition) is 11. The van der Waals surface area contributed by atoms with E-state index in [9.17, 15) is 30.6 Å². The van der Waals surface area contributed by atoms with Crippen molar-refractivity contribution >= 4 is 0 Å². The summed E-state index contributed by atoms with van der Waals surface area (Å²) in [6, 6.07) is 8.29. The average molecular weight is 509 g/mol. The first-order valence-corrected chi connectivity index (χ1v) is 11.7. The highest BCUT2D eigenvalue weighted by atomic mass is 16.7. The Morgan fingerprint density at radius 3 is 2.36 bits per heavy atom. The van der Waals surface area contributed by atoms with Gasteiger partial charge < -0.3 is 54.7 Å². The molecule has 7 N–H and O–H groups in total. The first kappa shape index (κ1) is 26.4. The van der Waals surface area contributed by atoms with Gasteiger partial charge in [-0.25, -0.2) is 0 Å². The van der Waals surface area contributed by atoms with Gasteiger partial charge in [-0.05, 0) is 42.2 Å². The Kier molecular flexibility index (Phi) is 8.20. The first-order valence-electron chi connectivity index (χ1n) is 11.7. The van der Waals surface area contributed by atoms with Crippen molar-refractivity contribution in [2.24, 2.45) is 0 Å². The van der Waals surface area contributed by atoms with Gasteiger partial charge in [-0.15, -0.1) is 0 Å². The molecular weight excluding hydrogens is 476 g/mol. The predicted molar refractivity (Wildman–Crippen MR) is 124 cm³/mol. The van der Waals surface area contributed by atoms with Gasteiger partial charge in [-0.2, -0.15) is 0 Å². The summed E-state index contributed by atoms with van der Waals surface area (Å²) < 4.78 is 22.6. The van der Waals surface area contributed by atoms with E-state index < -0.39 is 49.3 Å². The summed E-state index contributed by atoms with van der Waals surface area (Å²) in [7, 11) is 1.41. The maximum absolute atomic E-state index is 10.5. The number of methoxy groups -OCH3 is 1. The Hall–Kier alpha value is -2.64. The Morgan fingerprint density at radius 1 is 0.917 bits per heavy atom. The van der Waals surface area contributed by atoms with E-state index in [2.05, 4.69) is 0 Å². The van der Waals surface area contributed by atoms with E-state index in [0.717, 1.165) is 5.56 Å². The topological polar surface area (TPSA) is 179 Å². The van der Waals surface area contributed by atoms with Crippen LogP contribution >= 0.6 is 0 Å². The smallest absolute Gasteiger partial charge is 0.229 e. The van der Waals surface area contributed by atoms with Crippen molar-refractivity contribution in [2.75, 3.05) is 26.9 Å². The molecule has 198 valence electrons. The van der Waals surface area contributed by atoms with Gasteiger partial charge in [-0.3, -0.25) is 0 Å². The number of benzene rings is 2. The number of aliphatic hydroxyl groups is 6. The zero-order chi connectivity index (χ0) is 26.0. The first-order chi connectivity index (χ1) is 17.3. The molecule has 0 spiro atoms. The van der Waals surface area contributed by atoms with Gasteiger partial charge >= 0.3 is 0 Å². The molecule has 36 heavy (non-hydrogen) atoms. The molecule has 11 heteroatoms. The Bertz CT molecular complexity index is 1040. The summed E-state index contributed by atoms with van der Waals surface area (Å²) in [4.78, 5) is 0. The molecule has 0 amide bonds. The summed E-state index contributed by atoms with van der Waals surface area (Å²) in [6.07, 6.45) is -6.71. The van der Waals surface area contributed by atoms with Crippen LogP contribution in [0.2, 0.25) is 0 Å². The molecule has 2 aromatic carbocycles. The van der Waals surface area contributed by atoms with Crippen molar-refractivity contribution in [1.82, 2.24) is 0 Å². The number of ether oxygens (including phenoxy) is 4. The minimum absolute atomic E-state index is 0.0255. The van der Waals surface area contributed by atoms with E-state index >= 15 is 0 Å². The van der Waals surface area contributed by atoms with Crippen LogP contribution in [0.15, 0.2) is 30.3 Å². The second-order valence-electron chi connectivity index (χ2n) is 8.91. The molecule has 11 nitrogen and oxygen atoms in total. The molecule has 4 rings (SSSR count). The number of rotatable bonds is 9. The fraction of sp³-hybridized carbons (Fsp3) is 0.520. The second-order valence-corrected chi connectivity index (χ2v) is 8.91. The molecule has 0 bridgehead atoms. The fourth-order valence-corrected chi connectivity index (χ4v) is 4.64. The Labute approximate surface area is 207 Å². The number of phenolic OH excluding ortho intramolecular Hbond substituents is 1. The molecule has 0 saturated carbocycles. The van der Waals surface area contributed by atoms with Crippen LogP contribution in [0.1, 0.15) is 35.1 Å². The second kappa shape index (κ2) is 11.2. The summed E-state index contributed by atoms with van der Waals surface area (Å²) in [6.45, 7) is -0.804. The summed E-state index contributed by atoms with van der Waals surface area (Å²) in [5.41, 5.74) is 2.11. The fourth-order valence-electron chi connectivity index (χ4n) is 4.64. The molecule has 2 aromatic rings. The van der Waals surface area contributed by atoms with Crippen molar-refractivity contribution in [1.29, 1.82) is 0 Å². The average Bonchev–Trinajstić information content (AvgIpc) is 3.27. The van der Waals surface area contributed by atoms with Gasteiger partial charge in [0.2, 0.25) is 6.29 Å². The number of aromatic hydroxyl groups is 1. The molecule has 0 radical (unpaired) electrons. The van der Waals surface area contributed by atoms with Crippen LogP contribution in [0.4, 0.5) is 0 Å². The highest BCUT2D eigenvalue weighted by Crippen LogP contribution is 2.51. The quantitative estimate of drug-likeness (QED) is 0.237. The molecule has 1 saturated heterocycles. The standard InChI is InChI=1S/C25H32O11/c1-33-18-9-13(4-5-17(18)34-25-22(32)21(31)20(30)19(11-28)35-25)23-15(10-27)14-7-12(3-2-6-26)8-16(29)24(14)36-23/h4-5,7-9,15,19-23,25-32H,2-3,6,10-11H2,1H3. The van der Waals surface area contributed by atoms with E-state index in [1.54, 1.807) is 24.3 Å². The van der Waals surface area contributed by atoms with E-state index in [0.29, 0.717) is 24.0 Å². The molecule has 1 fully saturated rings. The summed E-state index contributed by atoms with van der Waals surface area (Å²) in [5, 5.41) is 69.4. The van der Waals surface area contributed by atoms with Crippen LogP contribution in [0, 0.1) is 0 Å². The largest absolute Gasteiger partial charge is 0.504 e. The molecule has 2 aliphatic rings. The third kappa shape index (κ3) is 4.96. The van der Waals surface area contributed by atoms with Crippen LogP contribution in [-0.4, -0.2) is 93.4 Å². The van der Waals surface area contributed by atoms with E-state index in [1.165, 1.54) is 7.11 Å². The molecular formula is C25H32O11. The number of fused-ring (bicyclic) bond motifs is 1. The van der Waals surface area contributed by atoms with Gasteiger partial charge in [-0.1, -0.05) is 12.1 Å². The van der Waals surface area contributed by atoms with Crippen molar-refractivity contribution < 1.29 is 54.7 Å². The lowest BCUT2D eigenvalue weighted by Gasteiger charge is -2.39. The van der Waals surface area contributed by atoms with Crippen LogP contribution in [0.5, 0.6) is 23.0 Å². The van der Waals surface area contributed by atoms with Crippen molar-refractivity contribution in [3.63, 3.8) is 0 Å². The number of aliphatic hydroxyl groups excluding tert-OH is 6. The molecule has 2 aliphatic heterocycles. The lowest BCUT2D eigenvalue weighted by atomic mass is 9.90. The van der Waals surface area contributed by atoms with Crippen LogP contribution in [0.3, 0.4) is 0 Å². The van der Waals surface area contributed by atoms with Crippen molar-refractivity contribution in [2.45, 2.75) is 55.6 Å². The Balaban J connectivity index is 1.58. The zero-order valence-electron chi connectivity index (χ0n) is 19.7. The van der Waals surface area contributed by atoms with Gasteiger partial charge in [0, 0.05) is 12.2 Å². The van der Waals surface area contributed by atoms with E-state index in [-0.39, 0.29) is 36.2 Å². The zero-order valence-corrected chi connectivity index (χ0v) is 19.7. The SMILES string of the molecule is COc1cc(C2Oc3c(O)cc(CCCO)cc3C2CO)ccc1OC1OC(CO)C(O)C(O)C1O. The van der Waals surface area contributed by atoms with Crippen LogP contribution in [-0.2, 0) is 11.2 Å². The normalized spacial score (nSPS) is 29.5. The minimum atomic E-state index is -1.59. The Morgan fingerprint density at radius 2 is 1.69 bits per heavy atom. The maximum Gasteiger partial charge on any atom is 0.229 e. The minimum Gasteiger partial charge on any atom is -0.504 e. The van der Waals surface area contributed by atoms with E-state index in [4.69, 9.17) is 24.1 Å². The molecule has 2 heterocycles. The lowest BCUT2D eigenvalue weighted by molar-refractivity contribution is -0.277. The highest BCUT2D eigenvalue weighted by Gasteiger charge is 2.45. The molecule has 0 aliphatic carbocycles. The van der Waals surface area contributed by atoms with Gasteiger partial charge in [0.1, 0.15) is 30.5 Å².